The molecule has 1 aliphatic heterocycles. The topological polar surface area (TPSA) is 60.3 Å². The van der Waals surface area contributed by atoms with Crippen LogP contribution in [0.1, 0.15) is 5.56 Å². The van der Waals surface area contributed by atoms with Crippen molar-refractivity contribution in [3.8, 4) is 11.5 Å². The highest BCUT2D eigenvalue weighted by atomic mass is 32.2. The average molecular weight is 395 g/mol. The van der Waals surface area contributed by atoms with E-state index in [4.69, 9.17) is 9.47 Å². The van der Waals surface area contributed by atoms with Crippen LogP contribution in [0.4, 0.5) is 4.39 Å². The molecular formula is C19H24FN2O4S+. The van der Waals surface area contributed by atoms with Gasteiger partial charge in [-0.1, -0.05) is 12.1 Å². The fraction of sp³-hybridized carbons (Fsp3) is 0.368. The predicted octanol–water partition coefficient (Wildman–Crippen LogP) is 0.932. The number of ether oxygens (including phenoxy) is 2. The molecule has 0 amide bonds. The molecule has 1 N–H and O–H groups in total. The number of quaternary nitrogens is 1. The van der Waals surface area contributed by atoms with Gasteiger partial charge in [0.05, 0.1) is 45.3 Å². The van der Waals surface area contributed by atoms with Crippen LogP contribution >= 0.6 is 0 Å². The number of rotatable bonds is 6. The molecule has 1 heterocycles. The Bertz CT molecular complexity index is 896. The summed E-state index contributed by atoms with van der Waals surface area (Å²) >= 11 is 0. The Morgan fingerprint density at radius 3 is 2.37 bits per heavy atom. The Morgan fingerprint density at radius 1 is 1.04 bits per heavy atom. The van der Waals surface area contributed by atoms with Crippen LogP contribution in [0.2, 0.25) is 0 Å². The number of hydrogen-bond acceptors (Lipinski definition) is 4. The Hall–Kier alpha value is -2.16. The summed E-state index contributed by atoms with van der Waals surface area (Å²) < 4.78 is 51.1. The molecule has 0 unspecified atom stereocenters. The van der Waals surface area contributed by atoms with Crippen molar-refractivity contribution in [3.63, 3.8) is 0 Å². The number of nitrogens with one attached hydrogen (secondary N) is 1. The van der Waals surface area contributed by atoms with E-state index in [1.807, 2.05) is 6.07 Å². The normalized spacial score (nSPS) is 16.3. The number of benzene rings is 2. The lowest BCUT2D eigenvalue weighted by Crippen LogP contribution is -3.13. The number of methoxy groups -OCH3 is 2. The summed E-state index contributed by atoms with van der Waals surface area (Å²) in [5.74, 6) is 0.622. The predicted molar refractivity (Wildman–Crippen MR) is 99.1 cm³/mol. The summed E-state index contributed by atoms with van der Waals surface area (Å²) in [4.78, 5) is 1.42. The van der Waals surface area contributed by atoms with E-state index >= 15 is 0 Å². The van der Waals surface area contributed by atoms with E-state index in [-0.39, 0.29) is 10.7 Å². The monoisotopic (exact) mass is 395 g/mol. The molecule has 6 nitrogen and oxygen atoms in total. The third-order valence-electron chi connectivity index (χ3n) is 4.77. The summed E-state index contributed by atoms with van der Waals surface area (Å²) in [5, 5.41) is 0. The number of sulfonamides is 1. The Morgan fingerprint density at radius 2 is 1.74 bits per heavy atom. The molecule has 27 heavy (non-hydrogen) atoms. The minimum Gasteiger partial charge on any atom is -0.493 e. The van der Waals surface area contributed by atoms with Gasteiger partial charge in [0.1, 0.15) is 12.4 Å². The molecule has 0 bridgehead atoms. The molecule has 1 aliphatic rings. The maximum absolute atomic E-state index is 13.3. The zero-order valence-corrected chi connectivity index (χ0v) is 16.3. The van der Waals surface area contributed by atoms with E-state index in [1.54, 1.807) is 12.1 Å². The van der Waals surface area contributed by atoms with Gasteiger partial charge < -0.3 is 14.4 Å². The molecule has 0 aliphatic carbocycles. The fourth-order valence-electron chi connectivity index (χ4n) is 3.28. The molecule has 1 saturated heterocycles. The summed E-state index contributed by atoms with van der Waals surface area (Å²) in [7, 11) is -0.617. The number of nitrogens with zero attached hydrogens (tertiary/aromatic N) is 1. The summed E-state index contributed by atoms with van der Waals surface area (Å²) in [6, 6.07) is 11.1. The Kier molecular flexibility index (Phi) is 5.98. The zero-order chi connectivity index (χ0) is 19.4. The Labute approximate surface area is 159 Å². The van der Waals surface area contributed by atoms with Crippen molar-refractivity contribution >= 4 is 10.0 Å². The third kappa shape index (κ3) is 4.40. The van der Waals surface area contributed by atoms with E-state index < -0.39 is 10.0 Å². The van der Waals surface area contributed by atoms with Gasteiger partial charge in [0.2, 0.25) is 10.0 Å². The molecule has 0 aromatic heterocycles. The first-order valence-electron chi connectivity index (χ1n) is 8.74. The van der Waals surface area contributed by atoms with Crippen LogP contribution in [-0.2, 0) is 16.6 Å². The van der Waals surface area contributed by atoms with Gasteiger partial charge in [-0.15, -0.1) is 0 Å². The molecule has 0 saturated carbocycles. The highest BCUT2D eigenvalue weighted by Gasteiger charge is 2.31. The molecule has 0 spiro atoms. The summed E-state index contributed by atoms with van der Waals surface area (Å²) in [5.41, 5.74) is 0.918. The highest BCUT2D eigenvalue weighted by Crippen LogP contribution is 2.30. The number of hydrogen-bond donors (Lipinski definition) is 1. The van der Waals surface area contributed by atoms with Gasteiger partial charge in [0.15, 0.2) is 11.5 Å². The molecular weight excluding hydrogens is 371 g/mol. The van der Waals surface area contributed by atoms with Gasteiger partial charge in [-0.3, -0.25) is 0 Å². The van der Waals surface area contributed by atoms with Gasteiger partial charge in [-0.2, -0.15) is 4.31 Å². The highest BCUT2D eigenvalue weighted by molar-refractivity contribution is 7.89. The lowest BCUT2D eigenvalue weighted by atomic mass is 10.2. The van der Waals surface area contributed by atoms with Gasteiger partial charge >= 0.3 is 0 Å². The molecule has 0 atom stereocenters. The van der Waals surface area contributed by atoms with Gasteiger partial charge in [-0.25, -0.2) is 12.8 Å². The first-order valence-corrected chi connectivity index (χ1v) is 10.2. The first kappa shape index (κ1) is 19.6. The van der Waals surface area contributed by atoms with Crippen molar-refractivity contribution in [2.75, 3.05) is 40.4 Å². The Balaban J connectivity index is 1.67. The van der Waals surface area contributed by atoms with Crippen molar-refractivity contribution in [1.29, 1.82) is 0 Å². The standard InChI is InChI=1S/C19H23FN2O4S/c1-25-18-7-6-17(13-19(18)26-2)27(23,24)22-10-8-21(9-11-22)14-15-4-3-5-16(20)12-15/h3-7,12-13H,8-11,14H2,1-2H3/p+1. The number of piperazine rings is 1. The van der Waals surface area contributed by atoms with E-state index in [9.17, 15) is 12.8 Å². The van der Waals surface area contributed by atoms with E-state index in [1.165, 1.54) is 47.7 Å². The van der Waals surface area contributed by atoms with Crippen LogP contribution in [-0.4, -0.2) is 53.1 Å². The number of halogens is 1. The van der Waals surface area contributed by atoms with Gasteiger partial charge in [0.25, 0.3) is 0 Å². The molecule has 3 rings (SSSR count). The SMILES string of the molecule is COc1ccc(S(=O)(=O)N2CC[NH+](Cc3cccc(F)c3)CC2)cc1OC. The second-order valence-electron chi connectivity index (χ2n) is 6.48. The molecule has 0 radical (unpaired) electrons. The largest absolute Gasteiger partial charge is 0.493 e. The van der Waals surface area contributed by atoms with Crippen LogP contribution < -0.4 is 14.4 Å². The van der Waals surface area contributed by atoms with Crippen LogP contribution in [0, 0.1) is 5.82 Å². The first-order chi connectivity index (χ1) is 12.9. The van der Waals surface area contributed by atoms with Crippen molar-refractivity contribution in [2.24, 2.45) is 0 Å². The second-order valence-corrected chi connectivity index (χ2v) is 8.42. The maximum Gasteiger partial charge on any atom is 0.243 e. The molecule has 2 aromatic carbocycles. The lowest BCUT2D eigenvalue weighted by molar-refractivity contribution is -0.917. The quantitative estimate of drug-likeness (QED) is 0.791. The maximum atomic E-state index is 13.3. The second kappa shape index (κ2) is 8.24. The smallest absolute Gasteiger partial charge is 0.243 e. The molecule has 8 heteroatoms. The van der Waals surface area contributed by atoms with Gasteiger partial charge in [0, 0.05) is 11.6 Å². The zero-order valence-electron chi connectivity index (χ0n) is 15.4. The van der Waals surface area contributed by atoms with Crippen LogP contribution in [0.5, 0.6) is 11.5 Å². The van der Waals surface area contributed by atoms with Crippen LogP contribution in [0.3, 0.4) is 0 Å². The lowest BCUT2D eigenvalue weighted by Gasteiger charge is -2.31. The van der Waals surface area contributed by atoms with Crippen molar-refractivity contribution < 1.29 is 27.2 Å². The fourth-order valence-corrected chi connectivity index (χ4v) is 4.74. The van der Waals surface area contributed by atoms with Crippen molar-refractivity contribution in [1.82, 2.24) is 4.31 Å². The molecule has 2 aromatic rings. The third-order valence-corrected chi connectivity index (χ3v) is 6.66. The van der Waals surface area contributed by atoms with E-state index in [0.29, 0.717) is 44.2 Å². The van der Waals surface area contributed by atoms with Crippen molar-refractivity contribution in [2.45, 2.75) is 11.4 Å². The summed E-state index contributed by atoms with van der Waals surface area (Å²) in [6.45, 7) is 2.86. The molecule has 1 fully saturated rings. The molecule has 146 valence electrons. The van der Waals surface area contributed by atoms with E-state index in [2.05, 4.69) is 0 Å². The minimum absolute atomic E-state index is 0.189. The van der Waals surface area contributed by atoms with E-state index in [0.717, 1.165) is 5.56 Å². The van der Waals surface area contributed by atoms with Gasteiger partial charge in [-0.05, 0) is 24.3 Å². The minimum atomic E-state index is -3.60. The van der Waals surface area contributed by atoms with Crippen LogP contribution in [0.25, 0.3) is 0 Å². The van der Waals surface area contributed by atoms with Crippen molar-refractivity contribution in [3.05, 3.63) is 53.8 Å². The average Bonchev–Trinajstić information content (AvgIpc) is 2.68. The van der Waals surface area contributed by atoms with Crippen LogP contribution in [0.15, 0.2) is 47.4 Å². The summed E-state index contributed by atoms with van der Waals surface area (Å²) in [6.07, 6.45) is 0.